The van der Waals surface area contributed by atoms with Gasteiger partial charge in [-0.25, -0.2) is 0 Å². The van der Waals surface area contributed by atoms with Crippen molar-refractivity contribution in [1.82, 2.24) is 5.43 Å². The van der Waals surface area contributed by atoms with Crippen molar-refractivity contribution in [2.24, 2.45) is 5.10 Å². The van der Waals surface area contributed by atoms with Gasteiger partial charge in [0.25, 0.3) is 0 Å². The highest BCUT2D eigenvalue weighted by atomic mass is 35.5. The number of hydrogen-bond donors (Lipinski definition) is 1. The zero-order valence-corrected chi connectivity index (χ0v) is 9.92. The first-order valence-corrected chi connectivity index (χ1v) is 5.86. The lowest BCUT2D eigenvalue weighted by Crippen LogP contribution is -2.10. The SMILES string of the molecule is CSC(=S)N/N=C/c1ccccc1Cl. The van der Waals surface area contributed by atoms with Crippen LogP contribution in [0.3, 0.4) is 0 Å². The molecule has 5 heteroatoms. The van der Waals surface area contributed by atoms with Gasteiger partial charge in [0.2, 0.25) is 0 Å². The summed E-state index contributed by atoms with van der Waals surface area (Å²) >= 11 is 12.3. The first kappa shape index (κ1) is 11.5. The lowest BCUT2D eigenvalue weighted by molar-refractivity contribution is 1.07. The van der Waals surface area contributed by atoms with Gasteiger partial charge in [0.1, 0.15) is 0 Å². The Labute approximate surface area is 97.7 Å². The van der Waals surface area contributed by atoms with Crippen LogP contribution in [0.25, 0.3) is 0 Å². The van der Waals surface area contributed by atoms with Gasteiger partial charge in [0, 0.05) is 10.6 Å². The fourth-order valence-electron chi connectivity index (χ4n) is 0.780. The fraction of sp³-hybridized carbons (Fsp3) is 0.111. The predicted molar refractivity (Wildman–Crippen MR) is 68.3 cm³/mol. The molecule has 1 aromatic carbocycles. The smallest absolute Gasteiger partial charge is 0.153 e. The van der Waals surface area contributed by atoms with E-state index >= 15 is 0 Å². The molecule has 74 valence electrons. The van der Waals surface area contributed by atoms with E-state index in [0.717, 1.165) is 5.56 Å². The Bertz CT molecular complexity index is 352. The standard InChI is InChI=1S/C9H9ClN2S2/c1-14-9(13)12-11-6-7-4-2-3-5-8(7)10/h2-6H,1H3,(H,12,13)/b11-6+. The highest BCUT2D eigenvalue weighted by Gasteiger charge is 1.93. The molecular formula is C9H9ClN2S2. The number of halogens is 1. The quantitative estimate of drug-likeness (QED) is 0.492. The van der Waals surface area contributed by atoms with Crippen LogP contribution >= 0.6 is 35.6 Å². The molecule has 0 radical (unpaired) electrons. The molecule has 0 heterocycles. The van der Waals surface area contributed by atoms with E-state index in [1.165, 1.54) is 11.8 Å². The van der Waals surface area contributed by atoms with Crippen molar-refractivity contribution in [2.75, 3.05) is 6.26 Å². The zero-order valence-electron chi connectivity index (χ0n) is 7.53. The van der Waals surface area contributed by atoms with Crippen molar-refractivity contribution in [3.8, 4) is 0 Å². The average molecular weight is 245 g/mol. The molecule has 1 aromatic rings. The minimum Gasteiger partial charge on any atom is -0.262 e. The Kier molecular flexibility index (Phi) is 4.93. The molecule has 0 fully saturated rings. The highest BCUT2D eigenvalue weighted by Crippen LogP contribution is 2.12. The molecule has 0 aliphatic rings. The third kappa shape index (κ3) is 3.65. The third-order valence-electron chi connectivity index (χ3n) is 1.45. The maximum absolute atomic E-state index is 5.92. The number of nitrogens with one attached hydrogen (secondary N) is 1. The van der Waals surface area contributed by atoms with Crippen LogP contribution in [0.2, 0.25) is 5.02 Å². The summed E-state index contributed by atoms with van der Waals surface area (Å²) in [5.74, 6) is 0. The summed E-state index contributed by atoms with van der Waals surface area (Å²) in [4.78, 5) is 0. The van der Waals surface area contributed by atoms with Gasteiger partial charge in [0.15, 0.2) is 4.32 Å². The van der Waals surface area contributed by atoms with Gasteiger partial charge < -0.3 is 0 Å². The Balaban J connectivity index is 2.60. The van der Waals surface area contributed by atoms with E-state index in [-0.39, 0.29) is 0 Å². The first-order valence-electron chi connectivity index (χ1n) is 3.85. The molecule has 0 spiro atoms. The van der Waals surface area contributed by atoms with E-state index in [0.29, 0.717) is 9.34 Å². The molecule has 0 amide bonds. The van der Waals surface area contributed by atoms with E-state index in [1.54, 1.807) is 6.21 Å². The van der Waals surface area contributed by atoms with Gasteiger partial charge in [0.05, 0.1) is 6.21 Å². The Hall–Kier alpha value is -0.580. The minimum atomic E-state index is 0.633. The molecule has 0 atom stereocenters. The second-order valence-corrected chi connectivity index (χ2v) is 4.27. The zero-order chi connectivity index (χ0) is 10.4. The van der Waals surface area contributed by atoms with Crippen molar-refractivity contribution in [3.05, 3.63) is 34.9 Å². The van der Waals surface area contributed by atoms with E-state index in [9.17, 15) is 0 Å². The van der Waals surface area contributed by atoms with Crippen molar-refractivity contribution in [2.45, 2.75) is 0 Å². The molecule has 0 aliphatic heterocycles. The molecule has 0 saturated carbocycles. The number of hydrazone groups is 1. The summed E-state index contributed by atoms with van der Waals surface area (Å²) in [6.45, 7) is 0. The number of thioether (sulfide) groups is 1. The van der Waals surface area contributed by atoms with Crippen LogP contribution in [-0.4, -0.2) is 16.8 Å². The van der Waals surface area contributed by atoms with Crippen LogP contribution in [0.1, 0.15) is 5.56 Å². The molecule has 2 nitrogen and oxygen atoms in total. The van der Waals surface area contributed by atoms with E-state index in [2.05, 4.69) is 10.5 Å². The largest absolute Gasteiger partial charge is 0.262 e. The lowest BCUT2D eigenvalue weighted by atomic mass is 10.2. The highest BCUT2D eigenvalue weighted by molar-refractivity contribution is 8.22. The Morgan fingerprint density at radius 2 is 2.29 bits per heavy atom. The average Bonchev–Trinajstić information content (AvgIpc) is 2.20. The topological polar surface area (TPSA) is 24.4 Å². The van der Waals surface area contributed by atoms with Gasteiger partial charge in [-0.2, -0.15) is 5.10 Å². The maximum atomic E-state index is 5.92. The van der Waals surface area contributed by atoms with Crippen molar-refractivity contribution >= 4 is 46.1 Å². The van der Waals surface area contributed by atoms with E-state index in [1.807, 2.05) is 30.5 Å². The first-order chi connectivity index (χ1) is 6.74. The predicted octanol–water partition coefficient (Wildman–Crippen LogP) is 2.91. The second kappa shape index (κ2) is 6.01. The summed E-state index contributed by atoms with van der Waals surface area (Å²) in [6, 6.07) is 7.48. The second-order valence-electron chi connectivity index (χ2n) is 2.38. The summed E-state index contributed by atoms with van der Waals surface area (Å²) in [5, 5.41) is 4.63. The number of nitrogens with zero attached hydrogens (tertiary/aromatic N) is 1. The molecule has 0 bridgehead atoms. The van der Waals surface area contributed by atoms with Gasteiger partial charge in [-0.3, -0.25) is 5.43 Å². The van der Waals surface area contributed by atoms with Crippen molar-refractivity contribution < 1.29 is 0 Å². The maximum Gasteiger partial charge on any atom is 0.153 e. The summed E-state index contributed by atoms with van der Waals surface area (Å²) < 4.78 is 0.633. The summed E-state index contributed by atoms with van der Waals surface area (Å²) in [7, 11) is 0. The Morgan fingerprint density at radius 1 is 1.57 bits per heavy atom. The number of hydrogen-bond acceptors (Lipinski definition) is 3. The summed E-state index contributed by atoms with van der Waals surface area (Å²) in [6.07, 6.45) is 3.53. The van der Waals surface area contributed by atoms with E-state index in [4.69, 9.17) is 23.8 Å². The lowest BCUT2D eigenvalue weighted by Gasteiger charge is -1.98. The third-order valence-corrected chi connectivity index (χ3v) is 2.85. The molecular weight excluding hydrogens is 236 g/mol. The van der Waals surface area contributed by atoms with Crippen LogP contribution in [0.15, 0.2) is 29.4 Å². The molecule has 1 N–H and O–H groups in total. The normalized spacial score (nSPS) is 10.4. The van der Waals surface area contributed by atoms with Gasteiger partial charge in [-0.15, -0.1) is 0 Å². The summed E-state index contributed by atoms with van der Waals surface area (Å²) in [5.41, 5.74) is 3.58. The van der Waals surface area contributed by atoms with Crippen LogP contribution < -0.4 is 5.43 Å². The van der Waals surface area contributed by atoms with Gasteiger partial charge >= 0.3 is 0 Å². The van der Waals surface area contributed by atoms with Gasteiger partial charge in [-0.1, -0.05) is 53.8 Å². The molecule has 14 heavy (non-hydrogen) atoms. The van der Waals surface area contributed by atoms with Crippen LogP contribution in [0, 0.1) is 0 Å². The monoisotopic (exact) mass is 244 g/mol. The van der Waals surface area contributed by atoms with Gasteiger partial charge in [-0.05, 0) is 12.3 Å². The number of benzene rings is 1. The van der Waals surface area contributed by atoms with Crippen LogP contribution in [-0.2, 0) is 0 Å². The fourth-order valence-corrected chi connectivity index (χ4v) is 1.16. The van der Waals surface area contributed by atoms with Crippen molar-refractivity contribution in [1.29, 1.82) is 0 Å². The minimum absolute atomic E-state index is 0.633. The number of thiocarbonyl (C=S) groups is 1. The van der Waals surface area contributed by atoms with E-state index < -0.39 is 0 Å². The molecule has 1 rings (SSSR count). The molecule has 0 saturated heterocycles. The molecule has 0 aliphatic carbocycles. The van der Waals surface area contributed by atoms with Crippen LogP contribution in [0.5, 0.6) is 0 Å². The van der Waals surface area contributed by atoms with Crippen LogP contribution in [0.4, 0.5) is 0 Å². The number of rotatable bonds is 2. The Morgan fingerprint density at radius 3 is 2.93 bits per heavy atom. The molecule has 0 unspecified atom stereocenters. The van der Waals surface area contributed by atoms with Crippen molar-refractivity contribution in [3.63, 3.8) is 0 Å². The molecule has 0 aromatic heterocycles.